The summed E-state index contributed by atoms with van der Waals surface area (Å²) >= 11 is 0. The number of amides is 2. The first-order valence-electron chi connectivity index (χ1n) is 9.23. The fraction of sp³-hybridized carbons (Fsp3) is 0.286. The van der Waals surface area contributed by atoms with Gasteiger partial charge in [0.05, 0.1) is 19.4 Å². The average molecular weight is 399 g/mol. The van der Waals surface area contributed by atoms with Crippen LogP contribution in [0.1, 0.15) is 46.2 Å². The van der Waals surface area contributed by atoms with Crippen molar-refractivity contribution in [2.45, 2.75) is 26.9 Å². The number of benzene rings is 1. The van der Waals surface area contributed by atoms with Crippen LogP contribution in [0.3, 0.4) is 0 Å². The van der Waals surface area contributed by atoms with Crippen molar-refractivity contribution < 1.29 is 22.9 Å². The number of carbonyl (C=O) groups excluding carboxylic acids is 2. The highest BCUT2D eigenvalue weighted by Gasteiger charge is 2.21. The molecule has 0 atom stereocenters. The van der Waals surface area contributed by atoms with Crippen LogP contribution in [0.2, 0.25) is 0 Å². The molecule has 0 spiro atoms. The molecule has 152 valence electrons. The lowest BCUT2D eigenvalue weighted by atomic mass is 10.2. The van der Waals surface area contributed by atoms with Crippen LogP contribution < -0.4 is 5.32 Å². The minimum absolute atomic E-state index is 0.0708. The number of rotatable bonds is 8. The van der Waals surface area contributed by atoms with Crippen LogP contribution >= 0.6 is 0 Å². The van der Waals surface area contributed by atoms with Gasteiger partial charge in [-0.05, 0) is 42.3 Å². The van der Waals surface area contributed by atoms with Crippen molar-refractivity contribution in [3.63, 3.8) is 0 Å². The summed E-state index contributed by atoms with van der Waals surface area (Å²) in [5.74, 6) is 0.144. The van der Waals surface area contributed by atoms with E-state index in [1.54, 1.807) is 12.1 Å². The Balaban J connectivity index is 1.75. The smallest absolute Gasteiger partial charge is 0.273 e. The summed E-state index contributed by atoms with van der Waals surface area (Å²) in [5.41, 5.74) is 0.472. The lowest BCUT2D eigenvalue weighted by molar-refractivity contribution is 0.0700. The first kappa shape index (κ1) is 20.3. The fourth-order valence-electron chi connectivity index (χ4n) is 2.64. The molecule has 0 saturated heterocycles. The van der Waals surface area contributed by atoms with Crippen LogP contribution in [0.25, 0.3) is 0 Å². The van der Waals surface area contributed by atoms with E-state index >= 15 is 0 Å². The summed E-state index contributed by atoms with van der Waals surface area (Å²) in [7, 11) is 0. The van der Waals surface area contributed by atoms with E-state index in [2.05, 4.69) is 10.5 Å². The molecule has 0 aliphatic rings. The van der Waals surface area contributed by atoms with Crippen molar-refractivity contribution in [2.75, 3.05) is 6.54 Å². The predicted octanol–water partition coefficient (Wildman–Crippen LogP) is 3.64. The van der Waals surface area contributed by atoms with Gasteiger partial charge in [-0.2, -0.15) is 0 Å². The van der Waals surface area contributed by atoms with E-state index in [0.29, 0.717) is 29.5 Å². The van der Waals surface area contributed by atoms with E-state index in [1.807, 2.05) is 13.8 Å². The molecular weight excluding hydrogens is 377 g/mol. The summed E-state index contributed by atoms with van der Waals surface area (Å²) in [5, 5.41) is 6.55. The van der Waals surface area contributed by atoms with E-state index in [0.717, 1.165) is 0 Å². The largest absolute Gasteiger partial charge is 0.467 e. The Labute approximate surface area is 167 Å². The molecule has 1 N–H and O–H groups in total. The van der Waals surface area contributed by atoms with Gasteiger partial charge in [-0.1, -0.05) is 19.0 Å². The third kappa shape index (κ3) is 5.54. The Bertz CT molecular complexity index is 949. The number of nitrogens with one attached hydrogen (secondary N) is 1. The minimum Gasteiger partial charge on any atom is -0.467 e. The molecular formula is C21H22FN3O4. The zero-order valence-corrected chi connectivity index (χ0v) is 16.2. The van der Waals surface area contributed by atoms with Gasteiger partial charge in [0.15, 0.2) is 11.5 Å². The van der Waals surface area contributed by atoms with Gasteiger partial charge in [0.1, 0.15) is 11.6 Å². The van der Waals surface area contributed by atoms with Gasteiger partial charge in [-0.15, -0.1) is 0 Å². The molecule has 0 bridgehead atoms. The molecule has 7 nitrogen and oxygen atoms in total. The molecule has 0 aliphatic heterocycles. The SMILES string of the molecule is CC(C)CNC(=O)c1cc(CN(Cc2ccco2)C(=O)c2ccc(F)cc2)on1. The number of hydrogen-bond acceptors (Lipinski definition) is 5. The van der Waals surface area contributed by atoms with Gasteiger partial charge in [-0.25, -0.2) is 4.39 Å². The topological polar surface area (TPSA) is 88.6 Å². The van der Waals surface area contributed by atoms with Crippen molar-refractivity contribution in [3.8, 4) is 0 Å². The van der Waals surface area contributed by atoms with E-state index in [-0.39, 0.29) is 30.6 Å². The summed E-state index contributed by atoms with van der Waals surface area (Å²) in [6, 6.07) is 10.3. The van der Waals surface area contributed by atoms with E-state index in [9.17, 15) is 14.0 Å². The van der Waals surface area contributed by atoms with Crippen LogP contribution in [-0.2, 0) is 13.1 Å². The molecule has 3 rings (SSSR count). The standard InChI is InChI=1S/C21H22FN3O4/c1-14(2)11-23-20(26)19-10-18(29-24-19)13-25(12-17-4-3-9-28-17)21(27)15-5-7-16(22)8-6-15/h3-10,14H,11-13H2,1-2H3,(H,23,26). The quantitative estimate of drug-likeness (QED) is 0.625. The summed E-state index contributed by atoms with van der Waals surface area (Å²) in [6.07, 6.45) is 1.52. The van der Waals surface area contributed by atoms with Crippen molar-refractivity contribution in [1.29, 1.82) is 0 Å². The summed E-state index contributed by atoms with van der Waals surface area (Å²) in [6.45, 7) is 4.75. The number of aromatic nitrogens is 1. The lowest BCUT2D eigenvalue weighted by Gasteiger charge is -2.20. The van der Waals surface area contributed by atoms with Crippen molar-refractivity contribution in [2.24, 2.45) is 5.92 Å². The van der Waals surface area contributed by atoms with Crippen LogP contribution in [-0.4, -0.2) is 28.4 Å². The Morgan fingerprint density at radius 1 is 1.14 bits per heavy atom. The number of carbonyl (C=O) groups is 2. The van der Waals surface area contributed by atoms with Crippen molar-refractivity contribution in [1.82, 2.24) is 15.4 Å². The molecule has 0 aliphatic carbocycles. The monoisotopic (exact) mass is 399 g/mol. The average Bonchev–Trinajstić information content (AvgIpc) is 3.38. The molecule has 2 aromatic heterocycles. The minimum atomic E-state index is -0.425. The first-order valence-corrected chi connectivity index (χ1v) is 9.23. The molecule has 0 saturated carbocycles. The molecule has 2 heterocycles. The number of halogens is 1. The maximum atomic E-state index is 13.2. The second kappa shape index (κ2) is 9.18. The molecule has 0 radical (unpaired) electrons. The van der Waals surface area contributed by atoms with Gasteiger partial charge in [0.25, 0.3) is 11.8 Å². The molecule has 29 heavy (non-hydrogen) atoms. The Morgan fingerprint density at radius 2 is 1.86 bits per heavy atom. The Hall–Kier alpha value is -3.42. The van der Waals surface area contributed by atoms with Crippen LogP contribution in [0, 0.1) is 11.7 Å². The Kier molecular flexibility index (Phi) is 6.43. The normalized spacial score (nSPS) is 10.9. The van der Waals surface area contributed by atoms with E-state index in [4.69, 9.17) is 8.94 Å². The third-order valence-electron chi connectivity index (χ3n) is 4.11. The molecule has 0 fully saturated rings. The lowest BCUT2D eigenvalue weighted by Crippen LogP contribution is -2.30. The number of furan rings is 1. The predicted molar refractivity (Wildman–Crippen MR) is 102 cm³/mol. The highest BCUT2D eigenvalue weighted by Crippen LogP contribution is 2.16. The van der Waals surface area contributed by atoms with Gasteiger partial charge >= 0.3 is 0 Å². The summed E-state index contributed by atoms with van der Waals surface area (Å²) in [4.78, 5) is 26.5. The first-order chi connectivity index (χ1) is 13.9. The maximum Gasteiger partial charge on any atom is 0.273 e. The highest BCUT2D eigenvalue weighted by atomic mass is 19.1. The van der Waals surface area contributed by atoms with Gasteiger partial charge in [0, 0.05) is 18.2 Å². The van der Waals surface area contributed by atoms with Gasteiger partial charge < -0.3 is 19.2 Å². The van der Waals surface area contributed by atoms with E-state index < -0.39 is 5.82 Å². The van der Waals surface area contributed by atoms with Crippen LogP contribution in [0.5, 0.6) is 0 Å². The van der Waals surface area contributed by atoms with Crippen LogP contribution in [0.15, 0.2) is 57.7 Å². The molecule has 0 unspecified atom stereocenters. The zero-order chi connectivity index (χ0) is 20.8. The second-order valence-corrected chi connectivity index (χ2v) is 7.03. The summed E-state index contributed by atoms with van der Waals surface area (Å²) < 4.78 is 23.8. The Morgan fingerprint density at radius 3 is 2.52 bits per heavy atom. The number of hydrogen-bond donors (Lipinski definition) is 1. The molecule has 2 amide bonds. The second-order valence-electron chi connectivity index (χ2n) is 7.03. The van der Waals surface area contributed by atoms with E-state index in [1.165, 1.54) is 41.5 Å². The third-order valence-corrected chi connectivity index (χ3v) is 4.11. The van der Waals surface area contributed by atoms with Crippen LogP contribution in [0.4, 0.5) is 4.39 Å². The highest BCUT2D eigenvalue weighted by molar-refractivity contribution is 5.94. The molecule has 3 aromatic rings. The zero-order valence-electron chi connectivity index (χ0n) is 16.2. The van der Waals surface area contributed by atoms with Gasteiger partial charge in [0.2, 0.25) is 0 Å². The fourth-order valence-corrected chi connectivity index (χ4v) is 2.64. The van der Waals surface area contributed by atoms with Crippen molar-refractivity contribution in [3.05, 3.63) is 77.3 Å². The molecule has 1 aromatic carbocycles. The number of nitrogens with zero attached hydrogens (tertiary/aromatic N) is 2. The maximum absolute atomic E-state index is 13.2. The van der Waals surface area contributed by atoms with Crippen molar-refractivity contribution >= 4 is 11.8 Å². The molecule has 8 heteroatoms. The van der Waals surface area contributed by atoms with Gasteiger partial charge in [-0.3, -0.25) is 9.59 Å².